The largest absolute Gasteiger partial charge is 0.480 e. The Morgan fingerprint density at radius 2 is 2.27 bits per heavy atom. The molecular formula is C7H11N3O4S. The topological polar surface area (TPSA) is 101 Å². The minimum absolute atomic E-state index is 0.244. The Bertz CT molecular complexity index is 476. The van der Waals surface area contributed by atoms with Crippen molar-refractivity contribution in [3.8, 4) is 0 Å². The molecule has 0 amide bonds. The quantitative estimate of drug-likeness (QED) is 0.733. The van der Waals surface area contributed by atoms with Gasteiger partial charge in [-0.1, -0.05) is 0 Å². The van der Waals surface area contributed by atoms with Crippen molar-refractivity contribution in [3.63, 3.8) is 0 Å². The van der Waals surface area contributed by atoms with Gasteiger partial charge in [0.2, 0.25) is 10.0 Å². The third-order valence-electron chi connectivity index (χ3n) is 1.58. The number of aryl methyl sites for hydroxylation is 2. The lowest BCUT2D eigenvalue weighted by Gasteiger charge is -2.04. The molecule has 0 unspecified atom stereocenters. The van der Waals surface area contributed by atoms with E-state index in [9.17, 15) is 13.2 Å². The van der Waals surface area contributed by atoms with Crippen molar-refractivity contribution in [2.45, 2.75) is 6.92 Å². The molecule has 1 heterocycles. The Hall–Kier alpha value is -1.57. The van der Waals surface area contributed by atoms with Gasteiger partial charge in [-0.2, -0.15) is 5.10 Å². The average Bonchev–Trinajstić information content (AvgIpc) is 2.25. The smallest absolute Gasteiger partial charge is 0.320 e. The van der Waals surface area contributed by atoms with Crippen molar-refractivity contribution in [1.29, 1.82) is 0 Å². The highest BCUT2D eigenvalue weighted by Gasteiger charge is 2.17. The summed E-state index contributed by atoms with van der Waals surface area (Å²) in [5.74, 6) is -2.12. The highest BCUT2D eigenvalue weighted by Crippen LogP contribution is 2.09. The monoisotopic (exact) mass is 233 g/mol. The second-order valence-corrected chi connectivity index (χ2v) is 4.77. The number of anilines is 1. The van der Waals surface area contributed by atoms with Gasteiger partial charge in [0.1, 0.15) is 5.82 Å². The summed E-state index contributed by atoms with van der Waals surface area (Å²) >= 11 is 0. The van der Waals surface area contributed by atoms with Gasteiger partial charge in [-0.05, 0) is 6.92 Å². The maximum atomic E-state index is 11.2. The number of nitrogens with one attached hydrogen (secondary N) is 1. The van der Waals surface area contributed by atoms with Crippen LogP contribution in [0.4, 0.5) is 5.82 Å². The molecule has 0 aliphatic carbocycles. The summed E-state index contributed by atoms with van der Waals surface area (Å²) in [6.45, 7) is 1.70. The Morgan fingerprint density at radius 3 is 2.67 bits per heavy atom. The molecule has 1 aromatic heterocycles. The molecule has 0 fully saturated rings. The molecular weight excluding hydrogens is 222 g/mol. The Morgan fingerprint density at radius 1 is 1.67 bits per heavy atom. The van der Waals surface area contributed by atoms with Gasteiger partial charge in [0.15, 0.2) is 5.75 Å². The number of carboxylic acid groups (broad SMARTS) is 1. The summed E-state index contributed by atoms with van der Waals surface area (Å²) in [4.78, 5) is 10.3. The first kappa shape index (κ1) is 11.5. The lowest BCUT2D eigenvalue weighted by molar-refractivity contribution is -0.134. The zero-order valence-corrected chi connectivity index (χ0v) is 9.08. The van der Waals surface area contributed by atoms with Crippen molar-refractivity contribution in [2.75, 3.05) is 10.5 Å². The minimum atomic E-state index is -3.85. The zero-order valence-electron chi connectivity index (χ0n) is 8.26. The standard InChI is InChI=1S/C7H11N3O4S/c1-5-3-6(10(2)8-5)9-15(13,14)4-7(11)12/h3,9H,4H2,1-2H3,(H,11,12). The molecule has 0 saturated carbocycles. The molecule has 1 aromatic rings. The van der Waals surface area contributed by atoms with Crippen LogP contribution in [0.5, 0.6) is 0 Å². The number of aliphatic carboxylic acids is 1. The Balaban J connectivity index is 2.86. The molecule has 0 bridgehead atoms. The van der Waals surface area contributed by atoms with Crippen LogP contribution in [0.25, 0.3) is 0 Å². The fraction of sp³-hybridized carbons (Fsp3) is 0.429. The lowest BCUT2D eigenvalue weighted by atomic mass is 10.5. The van der Waals surface area contributed by atoms with Crippen LogP contribution >= 0.6 is 0 Å². The van der Waals surface area contributed by atoms with Gasteiger partial charge in [0.05, 0.1) is 5.69 Å². The van der Waals surface area contributed by atoms with Gasteiger partial charge < -0.3 is 5.11 Å². The van der Waals surface area contributed by atoms with Crippen LogP contribution in [0.2, 0.25) is 0 Å². The van der Waals surface area contributed by atoms with E-state index in [0.717, 1.165) is 0 Å². The molecule has 2 N–H and O–H groups in total. The maximum Gasteiger partial charge on any atom is 0.320 e. The molecule has 1 rings (SSSR count). The number of hydrogen-bond donors (Lipinski definition) is 2. The van der Waals surface area contributed by atoms with E-state index in [-0.39, 0.29) is 5.82 Å². The van der Waals surface area contributed by atoms with E-state index in [1.807, 2.05) is 0 Å². The predicted molar refractivity (Wildman–Crippen MR) is 53.0 cm³/mol. The predicted octanol–water partition coefficient (Wildman–Crippen LogP) is -0.445. The summed E-state index contributed by atoms with van der Waals surface area (Å²) in [7, 11) is -2.29. The molecule has 0 saturated heterocycles. The van der Waals surface area contributed by atoms with E-state index in [1.54, 1.807) is 14.0 Å². The average molecular weight is 233 g/mol. The van der Waals surface area contributed by atoms with Crippen LogP contribution in [-0.2, 0) is 21.9 Å². The van der Waals surface area contributed by atoms with Crippen molar-refractivity contribution in [2.24, 2.45) is 7.05 Å². The third kappa shape index (κ3) is 3.24. The van der Waals surface area contributed by atoms with Crippen LogP contribution in [0.1, 0.15) is 5.69 Å². The zero-order chi connectivity index (χ0) is 11.6. The van der Waals surface area contributed by atoms with E-state index < -0.39 is 21.7 Å². The van der Waals surface area contributed by atoms with Gasteiger partial charge in [-0.15, -0.1) is 0 Å². The van der Waals surface area contributed by atoms with E-state index >= 15 is 0 Å². The summed E-state index contributed by atoms with van der Waals surface area (Å²) < 4.78 is 25.9. The summed E-state index contributed by atoms with van der Waals surface area (Å²) in [5, 5.41) is 12.3. The van der Waals surface area contributed by atoms with Crippen LogP contribution in [0.15, 0.2) is 6.07 Å². The molecule has 7 nitrogen and oxygen atoms in total. The molecule has 0 atom stereocenters. The number of carbonyl (C=O) groups is 1. The van der Waals surface area contributed by atoms with Crippen molar-refractivity contribution >= 4 is 21.8 Å². The van der Waals surface area contributed by atoms with Gasteiger partial charge >= 0.3 is 5.97 Å². The Kier molecular flexibility index (Phi) is 2.98. The first-order valence-corrected chi connectivity index (χ1v) is 5.68. The SMILES string of the molecule is Cc1cc(NS(=O)(=O)CC(=O)O)n(C)n1. The van der Waals surface area contributed by atoms with Crippen molar-refractivity contribution in [3.05, 3.63) is 11.8 Å². The van der Waals surface area contributed by atoms with Crippen molar-refractivity contribution < 1.29 is 18.3 Å². The highest BCUT2D eigenvalue weighted by atomic mass is 32.2. The highest BCUT2D eigenvalue weighted by molar-refractivity contribution is 7.93. The van der Waals surface area contributed by atoms with Crippen LogP contribution in [0.3, 0.4) is 0 Å². The Labute approximate surface area is 86.8 Å². The fourth-order valence-electron chi connectivity index (χ4n) is 1.06. The van der Waals surface area contributed by atoms with Gasteiger partial charge in [0.25, 0.3) is 0 Å². The first-order chi connectivity index (χ1) is 6.80. The summed E-state index contributed by atoms with van der Waals surface area (Å²) in [6.07, 6.45) is 0. The second-order valence-electron chi connectivity index (χ2n) is 3.05. The molecule has 0 aromatic carbocycles. The molecule has 84 valence electrons. The second kappa shape index (κ2) is 3.89. The maximum absolute atomic E-state index is 11.2. The number of sulfonamides is 1. The molecule has 15 heavy (non-hydrogen) atoms. The van der Waals surface area contributed by atoms with Gasteiger partial charge in [-0.3, -0.25) is 14.2 Å². The number of hydrogen-bond acceptors (Lipinski definition) is 4. The normalized spacial score (nSPS) is 11.3. The van der Waals surface area contributed by atoms with Gasteiger partial charge in [0, 0.05) is 13.1 Å². The molecule has 8 heteroatoms. The van der Waals surface area contributed by atoms with Crippen LogP contribution < -0.4 is 4.72 Å². The molecule has 0 spiro atoms. The van der Waals surface area contributed by atoms with E-state index in [4.69, 9.17) is 5.11 Å². The van der Waals surface area contributed by atoms with Gasteiger partial charge in [-0.25, -0.2) is 8.42 Å². The summed E-state index contributed by atoms with van der Waals surface area (Å²) in [5.41, 5.74) is 0.644. The molecule has 0 aliphatic heterocycles. The third-order valence-corrected chi connectivity index (χ3v) is 2.72. The van der Waals surface area contributed by atoms with Crippen molar-refractivity contribution in [1.82, 2.24) is 9.78 Å². The lowest BCUT2D eigenvalue weighted by Crippen LogP contribution is -2.23. The van der Waals surface area contributed by atoms with E-state index in [2.05, 4.69) is 9.82 Å². The minimum Gasteiger partial charge on any atom is -0.480 e. The van der Waals surface area contributed by atoms with Crippen LogP contribution in [0, 0.1) is 6.92 Å². The van der Waals surface area contributed by atoms with E-state index in [1.165, 1.54) is 10.7 Å². The molecule has 0 radical (unpaired) electrons. The van der Waals surface area contributed by atoms with E-state index in [0.29, 0.717) is 5.69 Å². The summed E-state index contributed by atoms with van der Waals surface area (Å²) in [6, 6.07) is 1.51. The van der Waals surface area contributed by atoms with Crippen LogP contribution in [-0.4, -0.2) is 35.0 Å². The fourth-order valence-corrected chi connectivity index (χ4v) is 1.97. The number of carboxylic acids is 1. The number of rotatable bonds is 4. The number of aromatic nitrogens is 2. The molecule has 0 aliphatic rings. The number of nitrogens with zero attached hydrogens (tertiary/aromatic N) is 2. The first-order valence-electron chi connectivity index (χ1n) is 4.03.